The van der Waals surface area contributed by atoms with E-state index < -0.39 is 0 Å². The Balaban J connectivity index is 2.11. The third-order valence-corrected chi connectivity index (χ3v) is 4.31. The summed E-state index contributed by atoms with van der Waals surface area (Å²) in [5.74, 6) is 0.469. The van der Waals surface area contributed by atoms with Crippen LogP contribution in [0.15, 0.2) is 42.7 Å². The second-order valence-corrected chi connectivity index (χ2v) is 6.16. The normalized spacial score (nSPS) is 10.9. The van der Waals surface area contributed by atoms with Crippen LogP contribution in [0, 0.1) is 6.92 Å². The molecule has 0 fully saturated rings. The zero-order valence-electron chi connectivity index (χ0n) is 15.5. The van der Waals surface area contributed by atoms with Crippen molar-refractivity contribution in [2.75, 3.05) is 13.2 Å². The summed E-state index contributed by atoms with van der Waals surface area (Å²) in [5, 5.41) is 0.860. The molecule has 1 aromatic carbocycles. The van der Waals surface area contributed by atoms with Crippen LogP contribution in [0.5, 0.6) is 5.75 Å². The third kappa shape index (κ3) is 3.57. The summed E-state index contributed by atoms with van der Waals surface area (Å²) in [6.07, 6.45) is 4.53. The molecule has 5 heteroatoms. The predicted octanol–water partition coefficient (Wildman–Crippen LogP) is 4.36. The average molecular weight is 352 g/mol. The molecule has 2 heterocycles. The standard InChI is InChI=1S/C21H24N2O3/c1-4-11-26-17-8-9-19-18(12-17)20(21(24)25-5-2)15(3)23(19)14-16-7-6-10-22-13-16/h6-10,12-13H,4-5,11,14H2,1-3H3. The smallest absolute Gasteiger partial charge is 0.340 e. The number of rotatable bonds is 7. The second-order valence-electron chi connectivity index (χ2n) is 6.16. The number of fused-ring (bicyclic) bond motifs is 1. The number of carbonyl (C=O) groups excluding carboxylic acids is 1. The minimum Gasteiger partial charge on any atom is -0.494 e. The first-order chi connectivity index (χ1) is 12.7. The summed E-state index contributed by atoms with van der Waals surface area (Å²) >= 11 is 0. The van der Waals surface area contributed by atoms with Gasteiger partial charge >= 0.3 is 5.97 Å². The molecule has 5 nitrogen and oxygen atoms in total. The highest BCUT2D eigenvalue weighted by atomic mass is 16.5. The van der Waals surface area contributed by atoms with E-state index in [2.05, 4.69) is 16.5 Å². The van der Waals surface area contributed by atoms with Gasteiger partial charge in [0.25, 0.3) is 0 Å². The first kappa shape index (κ1) is 18.0. The monoisotopic (exact) mass is 352 g/mol. The van der Waals surface area contributed by atoms with Gasteiger partial charge in [-0.3, -0.25) is 4.98 Å². The molecular formula is C21H24N2O3. The van der Waals surface area contributed by atoms with E-state index in [0.29, 0.717) is 25.3 Å². The Kier molecular flexibility index (Phi) is 5.56. The van der Waals surface area contributed by atoms with E-state index in [9.17, 15) is 4.79 Å². The molecule has 0 saturated carbocycles. The zero-order chi connectivity index (χ0) is 18.5. The van der Waals surface area contributed by atoms with Crippen molar-refractivity contribution < 1.29 is 14.3 Å². The van der Waals surface area contributed by atoms with E-state index in [1.807, 2.05) is 50.4 Å². The van der Waals surface area contributed by atoms with Crippen molar-refractivity contribution in [2.45, 2.75) is 33.7 Å². The molecule has 3 rings (SSSR count). The maximum absolute atomic E-state index is 12.6. The van der Waals surface area contributed by atoms with Crippen molar-refractivity contribution >= 4 is 16.9 Å². The van der Waals surface area contributed by atoms with E-state index in [0.717, 1.165) is 34.3 Å². The molecule has 0 radical (unpaired) electrons. The molecule has 3 aromatic rings. The summed E-state index contributed by atoms with van der Waals surface area (Å²) in [4.78, 5) is 16.8. The largest absolute Gasteiger partial charge is 0.494 e. The van der Waals surface area contributed by atoms with Gasteiger partial charge in [0, 0.05) is 35.5 Å². The van der Waals surface area contributed by atoms with Gasteiger partial charge in [0.15, 0.2) is 0 Å². The van der Waals surface area contributed by atoms with Crippen molar-refractivity contribution in [3.8, 4) is 5.75 Å². The molecule has 0 aliphatic heterocycles. The van der Waals surface area contributed by atoms with E-state index in [4.69, 9.17) is 9.47 Å². The van der Waals surface area contributed by atoms with E-state index in [-0.39, 0.29) is 5.97 Å². The predicted molar refractivity (Wildman–Crippen MR) is 102 cm³/mol. The van der Waals surface area contributed by atoms with Crippen LogP contribution in [0.1, 0.15) is 41.9 Å². The number of carbonyl (C=O) groups is 1. The first-order valence-corrected chi connectivity index (χ1v) is 8.97. The molecular weight excluding hydrogens is 328 g/mol. The number of hydrogen-bond acceptors (Lipinski definition) is 4. The number of hydrogen-bond donors (Lipinski definition) is 0. The summed E-state index contributed by atoms with van der Waals surface area (Å²) < 4.78 is 13.2. The van der Waals surface area contributed by atoms with Crippen LogP contribution in [0.4, 0.5) is 0 Å². The Bertz CT molecular complexity index is 901. The maximum atomic E-state index is 12.6. The molecule has 0 saturated heterocycles. The summed E-state index contributed by atoms with van der Waals surface area (Å²) in [5.41, 5.74) is 3.55. The van der Waals surface area contributed by atoms with Crippen molar-refractivity contribution in [2.24, 2.45) is 0 Å². The fraction of sp³-hybridized carbons (Fsp3) is 0.333. The number of aromatic nitrogens is 2. The van der Waals surface area contributed by atoms with Crippen LogP contribution in [-0.4, -0.2) is 28.7 Å². The molecule has 0 unspecified atom stereocenters. The second kappa shape index (κ2) is 8.04. The van der Waals surface area contributed by atoms with Gasteiger partial charge in [-0.25, -0.2) is 4.79 Å². The summed E-state index contributed by atoms with van der Waals surface area (Å²) in [6, 6.07) is 9.84. The van der Waals surface area contributed by atoms with Crippen LogP contribution in [0.3, 0.4) is 0 Å². The van der Waals surface area contributed by atoms with Gasteiger partial charge in [-0.15, -0.1) is 0 Å². The molecule has 0 amide bonds. The minimum absolute atomic E-state index is 0.299. The quantitative estimate of drug-likeness (QED) is 0.593. The number of benzene rings is 1. The molecule has 0 spiro atoms. The number of ether oxygens (including phenoxy) is 2. The number of nitrogens with zero attached hydrogens (tertiary/aromatic N) is 2. The molecule has 2 aromatic heterocycles. The molecule has 0 aliphatic carbocycles. The zero-order valence-corrected chi connectivity index (χ0v) is 15.5. The highest BCUT2D eigenvalue weighted by molar-refractivity contribution is 6.06. The van der Waals surface area contributed by atoms with Gasteiger partial charge in [-0.05, 0) is 50.1 Å². The molecule has 0 bridgehead atoms. The van der Waals surface area contributed by atoms with Gasteiger partial charge in [0.1, 0.15) is 5.75 Å². The summed E-state index contributed by atoms with van der Waals surface area (Å²) in [6.45, 7) is 7.48. The van der Waals surface area contributed by atoms with Crippen molar-refractivity contribution in [3.63, 3.8) is 0 Å². The van der Waals surface area contributed by atoms with Gasteiger partial charge < -0.3 is 14.0 Å². The van der Waals surface area contributed by atoms with Gasteiger partial charge in [0.05, 0.1) is 18.8 Å². The number of esters is 1. The fourth-order valence-electron chi connectivity index (χ4n) is 3.11. The average Bonchev–Trinajstić information content (AvgIpc) is 2.92. The lowest BCUT2D eigenvalue weighted by Gasteiger charge is -2.09. The van der Waals surface area contributed by atoms with Crippen molar-refractivity contribution in [1.82, 2.24) is 9.55 Å². The van der Waals surface area contributed by atoms with Gasteiger partial charge in [-0.1, -0.05) is 13.0 Å². The van der Waals surface area contributed by atoms with E-state index >= 15 is 0 Å². The maximum Gasteiger partial charge on any atom is 0.340 e. The first-order valence-electron chi connectivity index (χ1n) is 8.97. The lowest BCUT2D eigenvalue weighted by Crippen LogP contribution is -2.08. The Morgan fingerprint density at radius 1 is 1.23 bits per heavy atom. The fourth-order valence-corrected chi connectivity index (χ4v) is 3.11. The summed E-state index contributed by atoms with van der Waals surface area (Å²) in [7, 11) is 0. The van der Waals surface area contributed by atoms with Crippen LogP contribution in [0.2, 0.25) is 0 Å². The SMILES string of the molecule is CCCOc1ccc2c(c1)c(C(=O)OCC)c(C)n2Cc1cccnc1. The molecule has 0 N–H and O–H groups in total. The lowest BCUT2D eigenvalue weighted by atomic mass is 10.1. The van der Waals surface area contributed by atoms with Crippen LogP contribution in [0.25, 0.3) is 10.9 Å². The Morgan fingerprint density at radius 3 is 2.77 bits per heavy atom. The minimum atomic E-state index is -0.299. The highest BCUT2D eigenvalue weighted by Gasteiger charge is 2.21. The van der Waals surface area contributed by atoms with E-state index in [1.54, 1.807) is 6.20 Å². The van der Waals surface area contributed by atoms with Crippen LogP contribution in [-0.2, 0) is 11.3 Å². The topological polar surface area (TPSA) is 53.4 Å². The molecule has 26 heavy (non-hydrogen) atoms. The Labute approximate surface area is 153 Å². The van der Waals surface area contributed by atoms with Crippen molar-refractivity contribution in [1.29, 1.82) is 0 Å². The van der Waals surface area contributed by atoms with Crippen molar-refractivity contribution in [3.05, 3.63) is 59.5 Å². The molecule has 0 aliphatic rings. The van der Waals surface area contributed by atoms with E-state index in [1.165, 1.54) is 0 Å². The lowest BCUT2D eigenvalue weighted by molar-refractivity contribution is 0.0527. The van der Waals surface area contributed by atoms with Crippen LogP contribution >= 0.6 is 0 Å². The molecule has 136 valence electrons. The van der Waals surface area contributed by atoms with Gasteiger partial charge in [0.2, 0.25) is 0 Å². The molecule has 0 atom stereocenters. The Hall–Kier alpha value is -2.82. The number of pyridine rings is 1. The Morgan fingerprint density at radius 2 is 2.08 bits per heavy atom. The highest BCUT2D eigenvalue weighted by Crippen LogP contribution is 2.31. The van der Waals surface area contributed by atoms with Gasteiger partial charge in [-0.2, -0.15) is 0 Å². The third-order valence-electron chi connectivity index (χ3n) is 4.31. The van der Waals surface area contributed by atoms with Crippen LogP contribution < -0.4 is 4.74 Å².